The highest BCUT2D eigenvalue weighted by Crippen LogP contribution is 2.23. The fourth-order valence-corrected chi connectivity index (χ4v) is 8.93. The minimum atomic E-state index is -1.55. The number of unbranched alkanes of at least 4 members (excludes halogenated alkanes) is 36. The van der Waals surface area contributed by atoms with Crippen molar-refractivity contribution in [3.05, 3.63) is 0 Å². The van der Waals surface area contributed by atoms with Crippen molar-refractivity contribution >= 4 is 5.91 Å². The quantitative estimate of drug-likeness (QED) is 0.0331. The van der Waals surface area contributed by atoms with Crippen molar-refractivity contribution in [3.8, 4) is 0 Å². The largest absolute Gasteiger partial charge is 0.394 e. The molecule has 0 aromatic rings. The molecule has 1 fully saturated rings. The lowest BCUT2D eigenvalue weighted by molar-refractivity contribution is -0.302. The van der Waals surface area contributed by atoms with Crippen LogP contribution < -0.4 is 5.32 Å². The van der Waals surface area contributed by atoms with Crippen LogP contribution in [-0.2, 0) is 14.3 Å². The number of aliphatic hydroxyl groups is 5. The average molecular weight is 870 g/mol. The summed E-state index contributed by atoms with van der Waals surface area (Å²) < 4.78 is 11.3. The molecule has 1 amide bonds. The predicted molar refractivity (Wildman–Crippen MR) is 254 cm³/mol. The van der Waals surface area contributed by atoms with E-state index in [9.17, 15) is 30.3 Å². The van der Waals surface area contributed by atoms with E-state index in [2.05, 4.69) is 19.2 Å². The van der Waals surface area contributed by atoms with Gasteiger partial charge >= 0.3 is 0 Å². The van der Waals surface area contributed by atoms with Crippen LogP contribution in [0, 0.1) is 0 Å². The molecule has 1 heterocycles. The molecule has 2 unspecified atom stereocenters. The first kappa shape index (κ1) is 58.2. The van der Waals surface area contributed by atoms with Crippen LogP contribution in [-0.4, -0.2) is 87.5 Å². The molecule has 0 radical (unpaired) electrons. The van der Waals surface area contributed by atoms with E-state index < -0.39 is 49.5 Å². The molecule has 1 saturated heterocycles. The number of rotatable bonds is 46. The van der Waals surface area contributed by atoms with E-state index in [1.807, 2.05) is 0 Å². The molecule has 61 heavy (non-hydrogen) atoms. The van der Waals surface area contributed by atoms with Gasteiger partial charge in [-0.15, -0.1) is 0 Å². The molecule has 9 heteroatoms. The summed E-state index contributed by atoms with van der Waals surface area (Å²) in [6.45, 7) is 3.87. The van der Waals surface area contributed by atoms with Crippen molar-refractivity contribution in [3.63, 3.8) is 0 Å². The second kappa shape index (κ2) is 43.1. The van der Waals surface area contributed by atoms with Gasteiger partial charge in [-0.1, -0.05) is 251 Å². The fraction of sp³-hybridized carbons (Fsp3) is 0.981. The summed E-state index contributed by atoms with van der Waals surface area (Å²) in [5, 5.41) is 54.5. The fourth-order valence-electron chi connectivity index (χ4n) is 8.93. The lowest BCUT2D eigenvalue weighted by Gasteiger charge is -2.40. The van der Waals surface area contributed by atoms with Gasteiger partial charge in [-0.3, -0.25) is 4.79 Å². The monoisotopic (exact) mass is 870 g/mol. The molecule has 9 nitrogen and oxygen atoms in total. The Labute approximate surface area is 376 Å². The topological polar surface area (TPSA) is 149 Å². The Kier molecular flexibility index (Phi) is 41.1. The number of amides is 1. The lowest BCUT2D eigenvalue weighted by Crippen LogP contribution is -2.60. The number of aliphatic hydroxyl groups excluding tert-OH is 5. The number of hydrogen-bond donors (Lipinski definition) is 6. The maximum Gasteiger partial charge on any atom is 0.220 e. The highest BCUT2D eigenvalue weighted by Gasteiger charge is 2.44. The summed E-state index contributed by atoms with van der Waals surface area (Å²) in [5.74, 6) is -0.138. The molecule has 6 N–H and O–H groups in total. The van der Waals surface area contributed by atoms with Gasteiger partial charge in [0, 0.05) is 6.42 Å². The maximum absolute atomic E-state index is 13.0. The molecule has 364 valence electrons. The number of carbonyl (C=O) groups is 1. The zero-order chi connectivity index (χ0) is 44.4. The van der Waals surface area contributed by atoms with Gasteiger partial charge in [-0.05, 0) is 12.8 Å². The van der Waals surface area contributed by atoms with E-state index in [-0.39, 0.29) is 12.5 Å². The molecule has 0 saturated carbocycles. The zero-order valence-corrected chi connectivity index (χ0v) is 40.2. The third kappa shape index (κ3) is 33.3. The highest BCUT2D eigenvalue weighted by molar-refractivity contribution is 5.76. The standard InChI is InChI=1S/C52H103NO8/c1-3-5-7-9-11-13-15-17-19-20-21-22-23-24-25-26-28-30-32-34-36-38-40-42-48(56)53-45(44-60-52-51(59)50(58)49(57)47(43-54)61-52)46(55)41-39-37-35-33-31-29-27-18-16-14-12-10-8-6-4-2/h45-47,49-52,54-55,57-59H,3-44H2,1-2H3,(H,53,56)/t45-,46+,47-,49-,50?,51?,52-/m0/s1. The minimum absolute atomic E-state index is 0.131. The average Bonchev–Trinajstić information content (AvgIpc) is 3.26. The second-order valence-electron chi connectivity index (χ2n) is 19.0. The first-order valence-electron chi connectivity index (χ1n) is 26.7. The van der Waals surface area contributed by atoms with Crippen LogP contribution in [0.25, 0.3) is 0 Å². The van der Waals surface area contributed by atoms with Crippen LogP contribution in [0.15, 0.2) is 0 Å². The molecule has 0 aromatic carbocycles. The van der Waals surface area contributed by atoms with Crippen LogP contribution in [0.5, 0.6) is 0 Å². The van der Waals surface area contributed by atoms with Gasteiger partial charge in [0.25, 0.3) is 0 Å². The molecular formula is C52H103NO8. The van der Waals surface area contributed by atoms with E-state index in [4.69, 9.17) is 9.47 Å². The third-order valence-corrected chi connectivity index (χ3v) is 13.2. The Hall–Kier alpha value is -0.810. The molecule has 0 spiro atoms. The van der Waals surface area contributed by atoms with E-state index >= 15 is 0 Å². The van der Waals surface area contributed by atoms with Crippen molar-refractivity contribution in [2.24, 2.45) is 0 Å². The zero-order valence-electron chi connectivity index (χ0n) is 40.2. The normalized spacial score (nSPS) is 20.3. The summed E-state index contributed by atoms with van der Waals surface area (Å²) in [6.07, 6.45) is 42.6. The van der Waals surface area contributed by atoms with E-state index in [0.717, 1.165) is 38.5 Å². The van der Waals surface area contributed by atoms with Gasteiger partial charge in [0.15, 0.2) is 6.29 Å². The van der Waals surface area contributed by atoms with Crippen LogP contribution in [0.3, 0.4) is 0 Å². The number of carbonyl (C=O) groups excluding carboxylic acids is 1. The molecule has 0 aliphatic carbocycles. The second-order valence-corrected chi connectivity index (χ2v) is 19.0. The number of hydrogen-bond acceptors (Lipinski definition) is 8. The van der Waals surface area contributed by atoms with Crippen molar-refractivity contribution in [2.45, 2.75) is 314 Å². The third-order valence-electron chi connectivity index (χ3n) is 13.2. The molecule has 0 bridgehead atoms. The Balaban J connectivity index is 2.21. The molecule has 0 aromatic heterocycles. The SMILES string of the molecule is CCCCCCCCCCCCCCCCCCCCCCCCCC(=O)N[C@@H](CO[C@H]1O[C@@H](CO)[C@H](O)C(O)C1O)[C@H](O)CCCCCCCCCCCCCCCCC. The Bertz CT molecular complexity index is 924. The minimum Gasteiger partial charge on any atom is -0.394 e. The predicted octanol–water partition coefficient (Wildman–Crippen LogP) is 12.3. The van der Waals surface area contributed by atoms with Gasteiger partial charge in [-0.25, -0.2) is 0 Å². The molecule has 7 atom stereocenters. The van der Waals surface area contributed by atoms with E-state index in [0.29, 0.717) is 12.8 Å². The van der Waals surface area contributed by atoms with Gasteiger partial charge in [0.05, 0.1) is 25.4 Å². The van der Waals surface area contributed by atoms with Crippen LogP contribution >= 0.6 is 0 Å². The van der Waals surface area contributed by atoms with Crippen LogP contribution in [0.4, 0.5) is 0 Å². The molecule has 1 rings (SSSR count). The summed E-state index contributed by atoms with van der Waals surface area (Å²) in [4.78, 5) is 13.0. The van der Waals surface area contributed by atoms with Crippen LogP contribution in [0.2, 0.25) is 0 Å². The maximum atomic E-state index is 13.0. The summed E-state index contributed by atoms with van der Waals surface area (Å²) in [7, 11) is 0. The number of nitrogens with one attached hydrogen (secondary N) is 1. The van der Waals surface area contributed by atoms with Crippen molar-refractivity contribution in [2.75, 3.05) is 13.2 Å². The van der Waals surface area contributed by atoms with Crippen molar-refractivity contribution in [1.29, 1.82) is 0 Å². The first-order chi connectivity index (χ1) is 29.8. The van der Waals surface area contributed by atoms with E-state index in [1.54, 1.807) is 0 Å². The Morgan fingerprint density at radius 2 is 0.820 bits per heavy atom. The molecule has 1 aliphatic rings. The van der Waals surface area contributed by atoms with Gasteiger partial charge in [0.1, 0.15) is 24.4 Å². The van der Waals surface area contributed by atoms with Crippen molar-refractivity contribution in [1.82, 2.24) is 5.32 Å². The first-order valence-corrected chi connectivity index (χ1v) is 26.7. The van der Waals surface area contributed by atoms with Gasteiger partial charge in [-0.2, -0.15) is 0 Å². The van der Waals surface area contributed by atoms with E-state index in [1.165, 1.54) is 205 Å². The smallest absolute Gasteiger partial charge is 0.220 e. The molecule has 1 aliphatic heterocycles. The summed E-state index contributed by atoms with van der Waals surface area (Å²) in [6, 6.07) is -0.712. The summed E-state index contributed by atoms with van der Waals surface area (Å²) >= 11 is 0. The Morgan fingerprint density at radius 1 is 0.492 bits per heavy atom. The Morgan fingerprint density at radius 3 is 1.16 bits per heavy atom. The lowest BCUT2D eigenvalue weighted by atomic mass is 9.99. The van der Waals surface area contributed by atoms with Crippen LogP contribution in [0.1, 0.15) is 271 Å². The number of ether oxygens (including phenoxy) is 2. The summed E-state index contributed by atoms with van der Waals surface area (Å²) in [5.41, 5.74) is 0. The van der Waals surface area contributed by atoms with Crippen molar-refractivity contribution < 1.29 is 39.8 Å². The van der Waals surface area contributed by atoms with Gasteiger partial charge < -0.3 is 40.3 Å². The van der Waals surface area contributed by atoms with Gasteiger partial charge in [0.2, 0.25) is 5.91 Å². The highest BCUT2D eigenvalue weighted by atomic mass is 16.7. The molecular weight excluding hydrogens is 767 g/mol.